The molecule has 5 nitrogen and oxygen atoms in total. The van der Waals surface area contributed by atoms with Gasteiger partial charge < -0.3 is 4.74 Å². The Labute approximate surface area is 95.2 Å². The van der Waals surface area contributed by atoms with Crippen LogP contribution < -0.4 is 4.74 Å². The van der Waals surface area contributed by atoms with Crippen LogP contribution in [0.15, 0.2) is 24.5 Å². The molecule has 1 aromatic carbocycles. The SMILES string of the molecule is COc1c(CBr)cccc1-n1ncnn1. The highest BCUT2D eigenvalue weighted by Crippen LogP contribution is 2.27. The van der Waals surface area contributed by atoms with Gasteiger partial charge in [0.1, 0.15) is 11.4 Å². The third-order valence-electron chi connectivity index (χ3n) is 1.99. The first-order chi connectivity index (χ1) is 7.36. The van der Waals surface area contributed by atoms with Gasteiger partial charge in [0.25, 0.3) is 0 Å². The lowest BCUT2D eigenvalue weighted by atomic mass is 10.2. The molecule has 0 bridgehead atoms. The fourth-order valence-electron chi connectivity index (χ4n) is 1.35. The van der Waals surface area contributed by atoms with Crippen LogP contribution in [0.2, 0.25) is 0 Å². The summed E-state index contributed by atoms with van der Waals surface area (Å²) in [6, 6.07) is 5.79. The minimum atomic E-state index is 0.721. The molecule has 0 unspecified atom stereocenters. The van der Waals surface area contributed by atoms with E-state index in [9.17, 15) is 0 Å². The van der Waals surface area contributed by atoms with Crippen LogP contribution in [-0.4, -0.2) is 27.3 Å². The van der Waals surface area contributed by atoms with Crippen molar-refractivity contribution in [2.75, 3.05) is 7.11 Å². The van der Waals surface area contributed by atoms with Crippen LogP contribution in [0.3, 0.4) is 0 Å². The number of nitrogens with zero attached hydrogens (tertiary/aromatic N) is 4. The lowest BCUT2D eigenvalue weighted by Crippen LogP contribution is -2.03. The summed E-state index contributed by atoms with van der Waals surface area (Å²) >= 11 is 3.40. The van der Waals surface area contributed by atoms with Gasteiger partial charge in [0, 0.05) is 10.9 Å². The molecular formula is C9H9BrN4O. The third-order valence-corrected chi connectivity index (χ3v) is 2.59. The van der Waals surface area contributed by atoms with E-state index >= 15 is 0 Å². The third kappa shape index (κ3) is 1.85. The smallest absolute Gasteiger partial charge is 0.162 e. The molecule has 15 heavy (non-hydrogen) atoms. The average molecular weight is 269 g/mol. The van der Waals surface area contributed by atoms with Crippen molar-refractivity contribution in [3.05, 3.63) is 30.1 Å². The van der Waals surface area contributed by atoms with E-state index in [0.717, 1.165) is 22.3 Å². The van der Waals surface area contributed by atoms with Crippen molar-refractivity contribution < 1.29 is 4.74 Å². The first kappa shape index (κ1) is 10.1. The second-order valence-corrected chi connectivity index (χ2v) is 3.39. The van der Waals surface area contributed by atoms with Crippen LogP contribution in [0.4, 0.5) is 0 Å². The van der Waals surface area contributed by atoms with E-state index in [2.05, 4.69) is 31.3 Å². The zero-order valence-corrected chi connectivity index (χ0v) is 9.68. The van der Waals surface area contributed by atoms with Gasteiger partial charge in [-0.25, -0.2) is 0 Å². The lowest BCUT2D eigenvalue weighted by Gasteiger charge is -2.10. The molecule has 1 heterocycles. The summed E-state index contributed by atoms with van der Waals surface area (Å²) < 4.78 is 5.33. The first-order valence-electron chi connectivity index (χ1n) is 4.32. The monoisotopic (exact) mass is 268 g/mol. The Morgan fingerprint density at radius 3 is 2.93 bits per heavy atom. The Balaban J connectivity index is 2.56. The van der Waals surface area contributed by atoms with Crippen molar-refractivity contribution in [2.45, 2.75) is 5.33 Å². The summed E-state index contributed by atoms with van der Waals surface area (Å²) in [4.78, 5) is 1.44. The summed E-state index contributed by atoms with van der Waals surface area (Å²) in [5, 5.41) is 12.2. The molecular weight excluding hydrogens is 260 g/mol. The maximum absolute atomic E-state index is 5.33. The van der Waals surface area contributed by atoms with E-state index < -0.39 is 0 Å². The molecule has 1 aromatic heterocycles. The summed E-state index contributed by atoms with van der Waals surface area (Å²) in [5.41, 5.74) is 1.83. The highest BCUT2D eigenvalue weighted by Gasteiger charge is 2.10. The van der Waals surface area contributed by atoms with Gasteiger partial charge in [-0.05, 0) is 11.3 Å². The van der Waals surface area contributed by atoms with Gasteiger partial charge in [-0.3, -0.25) is 0 Å². The van der Waals surface area contributed by atoms with E-state index in [-0.39, 0.29) is 0 Å². The molecule has 2 aromatic rings. The van der Waals surface area contributed by atoms with Crippen LogP contribution >= 0.6 is 15.9 Å². The molecule has 0 radical (unpaired) electrons. The Morgan fingerprint density at radius 1 is 1.47 bits per heavy atom. The second-order valence-electron chi connectivity index (χ2n) is 2.83. The number of hydrogen-bond acceptors (Lipinski definition) is 4. The summed E-state index contributed by atoms with van der Waals surface area (Å²) in [7, 11) is 1.63. The molecule has 0 fully saturated rings. The van der Waals surface area contributed by atoms with E-state index in [1.807, 2.05) is 18.2 Å². The highest BCUT2D eigenvalue weighted by atomic mass is 79.9. The summed E-state index contributed by atoms with van der Waals surface area (Å²) in [6.45, 7) is 0. The van der Waals surface area contributed by atoms with Crippen LogP contribution in [-0.2, 0) is 5.33 Å². The van der Waals surface area contributed by atoms with Crippen molar-refractivity contribution in [1.82, 2.24) is 20.2 Å². The second kappa shape index (κ2) is 4.39. The van der Waals surface area contributed by atoms with Crippen LogP contribution in [0.1, 0.15) is 5.56 Å². The molecule has 0 N–H and O–H groups in total. The van der Waals surface area contributed by atoms with Crippen LogP contribution in [0.5, 0.6) is 5.75 Å². The van der Waals surface area contributed by atoms with Crippen LogP contribution in [0, 0.1) is 0 Å². The maximum atomic E-state index is 5.33. The van der Waals surface area contributed by atoms with Crippen molar-refractivity contribution in [3.8, 4) is 11.4 Å². The molecule has 0 amide bonds. The molecule has 0 aliphatic rings. The van der Waals surface area contributed by atoms with Crippen molar-refractivity contribution in [1.29, 1.82) is 0 Å². The fraction of sp³-hybridized carbons (Fsp3) is 0.222. The number of tetrazole rings is 1. The minimum absolute atomic E-state index is 0.721. The highest BCUT2D eigenvalue weighted by molar-refractivity contribution is 9.08. The quantitative estimate of drug-likeness (QED) is 0.793. The largest absolute Gasteiger partial charge is 0.494 e. The number of halogens is 1. The zero-order valence-electron chi connectivity index (χ0n) is 8.09. The van der Waals surface area contributed by atoms with Gasteiger partial charge in [0.05, 0.1) is 7.11 Å². The Hall–Kier alpha value is -1.43. The van der Waals surface area contributed by atoms with Crippen molar-refractivity contribution in [2.24, 2.45) is 0 Å². The molecule has 0 aliphatic heterocycles. The van der Waals surface area contributed by atoms with Crippen molar-refractivity contribution in [3.63, 3.8) is 0 Å². The first-order valence-corrected chi connectivity index (χ1v) is 5.44. The summed E-state index contributed by atoms with van der Waals surface area (Å²) in [5.74, 6) is 0.757. The number of aromatic nitrogens is 4. The predicted octanol–water partition coefficient (Wildman–Crippen LogP) is 1.57. The number of hydrogen-bond donors (Lipinski definition) is 0. The average Bonchev–Trinajstić information content (AvgIpc) is 2.81. The van der Waals surface area contributed by atoms with Crippen LogP contribution in [0.25, 0.3) is 5.69 Å². The Morgan fingerprint density at radius 2 is 2.33 bits per heavy atom. The molecule has 0 atom stereocenters. The number of rotatable bonds is 3. The molecule has 2 rings (SSSR count). The predicted molar refractivity (Wildman–Crippen MR) is 58.3 cm³/mol. The number of ether oxygens (including phenoxy) is 1. The van der Waals surface area contributed by atoms with Gasteiger partial charge in [0.15, 0.2) is 6.33 Å². The fourth-order valence-corrected chi connectivity index (χ4v) is 1.79. The lowest BCUT2D eigenvalue weighted by molar-refractivity contribution is 0.406. The van der Waals surface area contributed by atoms with Crippen molar-refractivity contribution >= 4 is 15.9 Å². The molecule has 6 heteroatoms. The van der Waals surface area contributed by atoms with Gasteiger partial charge in [-0.2, -0.15) is 0 Å². The number of methoxy groups -OCH3 is 1. The molecule has 0 saturated heterocycles. The normalized spacial score (nSPS) is 10.3. The number of alkyl halides is 1. The number of benzene rings is 1. The number of para-hydroxylation sites is 1. The maximum Gasteiger partial charge on any atom is 0.162 e. The van der Waals surface area contributed by atoms with Gasteiger partial charge in [0.2, 0.25) is 0 Å². The molecule has 0 aliphatic carbocycles. The van der Waals surface area contributed by atoms with Gasteiger partial charge in [-0.15, -0.1) is 15.0 Å². The summed E-state index contributed by atoms with van der Waals surface area (Å²) in [6.07, 6.45) is 1.39. The van der Waals surface area contributed by atoms with E-state index in [4.69, 9.17) is 4.74 Å². The zero-order chi connectivity index (χ0) is 10.7. The standard InChI is InChI=1S/C9H9BrN4O/c1-15-9-7(5-10)3-2-4-8(9)14-12-6-11-13-14/h2-4,6H,5H2,1H3. The Kier molecular flexibility index (Phi) is 2.96. The van der Waals surface area contributed by atoms with E-state index in [0.29, 0.717) is 0 Å². The van der Waals surface area contributed by atoms with E-state index in [1.165, 1.54) is 11.1 Å². The van der Waals surface area contributed by atoms with Gasteiger partial charge >= 0.3 is 0 Å². The molecule has 78 valence electrons. The molecule has 0 spiro atoms. The minimum Gasteiger partial charge on any atom is -0.494 e. The topological polar surface area (TPSA) is 52.8 Å². The van der Waals surface area contributed by atoms with Gasteiger partial charge in [-0.1, -0.05) is 28.1 Å². The molecule has 0 saturated carbocycles. The Bertz CT molecular complexity index is 443. The van der Waals surface area contributed by atoms with E-state index in [1.54, 1.807) is 7.11 Å².